The van der Waals surface area contributed by atoms with Crippen LogP contribution in [-0.4, -0.2) is 49.5 Å². The number of benzene rings is 6. The van der Waals surface area contributed by atoms with Crippen molar-refractivity contribution in [3.63, 3.8) is 0 Å². The largest absolute Gasteiger partial charge is 0.430 e. The predicted octanol–water partition coefficient (Wildman–Crippen LogP) is 14.2. The molecule has 0 heterocycles. The zero-order valence-corrected chi connectivity index (χ0v) is 45.8. The van der Waals surface area contributed by atoms with Gasteiger partial charge in [-0.25, -0.2) is 0 Å². The van der Waals surface area contributed by atoms with Gasteiger partial charge in [0.2, 0.25) is 0 Å². The Bertz CT molecular complexity index is 2840. The van der Waals surface area contributed by atoms with Crippen LogP contribution in [0.5, 0.6) is 0 Å². The number of halogens is 6. The Morgan fingerprint density at radius 2 is 0.818 bits per heavy atom. The van der Waals surface area contributed by atoms with Crippen molar-refractivity contribution in [2.45, 2.75) is 176 Å². The molecule has 0 aromatic heterocycles. The predicted molar refractivity (Wildman–Crippen MR) is 296 cm³/mol. The highest BCUT2D eigenvalue weighted by Gasteiger charge is 2.71. The molecule has 0 fully saturated rings. The Morgan fingerprint density at radius 1 is 0.390 bits per heavy atom. The molecule has 0 spiro atoms. The van der Waals surface area contributed by atoms with E-state index >= 15 is 0 Å². The van der Waals surface area contributed by atoms with Gasteiger partial charge in [-0.2, -0.15) is 26.3 Å². The molecule has 0 radical (unpaired) electrons. The van der Waals surface area contributed by atoms with Crippen molar-refractivity contribution in [3.8, 4) is 22.3 Å². The minimum Gasteiger partial charge on any atom is -0.392 e. The molecule has 0 saturated heterocycles. The highest BCUT2D eigenvalue weighted by Crippen LogP contribution is 2.51. The van der Waals surface area contributed by atoms with Gasteiger partial charge in [0.25, 0.3) is 5.60 Å². The molecule has 6 aromatic carbocycles. The molecule has 0 amide bonds. The zero-order valence-electron chi connectivity index (χ0n) is 45.8. The number of aliphatic hydroxyl groups excluding tert-OH is 4. The minimum atomic E-state index is -5.95. The Morgan fingerprint density at radius 3 is 1.27 bits per heavy atom. The third kappa shape index (κ3) is 14.6. The van der Waals surface area contributed by atoms with Crippen LogP contribution in [0.1, 0.15) is 153 Å². The summed E-state index contributed by atoms with van der Waals surface area (Å²) in [6, 6.07) is 33.4. The summed E-state index contributed by atoms with van der Waals surface area (Å²) >= 11 is 0. The number of aliphatic hydroxyl groups is 6. The fourth-order valence-corrected chi connectivity index (χ4v) is 10.3. The number of rotatable bonds is 24. The van der Waals surface area contributed by atoms with Gasteiger partial charge >= 0.3 is 12.4 Å². The fourth-order valence-electron chi connectivity index (χ4n) is 10.3. The van der Waals surface area contributed by atoms with E-state index in [4.69, 9.17) is 0 Å². The van der Waals surface area contributed by atoms with E-state index in [2.05, 4.69) is 82.0 Å². The Balaban J connectivity index is 0.000000284. The minimum absolute atomic E-state index is 0.0660. The van der Waals surface area contributed by atoms with Crippen LogP contribution in [0.15, 0.2) is 109 Å². The molecule has 7 nitrogen and oxygen atoms in total. The van der Waals surface area contributed by atoms with E-state index in [-0.39, 0.29) is 32.8 Å². The van der Waals surface area contributed by atoms with Crippen LogP contribution in [0.3, 0.4) is 0 Å². The summed E-state index contributed by atoms with van der Waals surface area (Å²) in [5, 5.41) is 59.5. The molecule has 77 heavy (non-hydrogen) atoms. The molecule has 0 saturated carbocycles. The van der Waals surface area contributed by atoms with Gasteiger partial charge in [-0.1, -0.05) is 158 Å². The maximum Gasteiger partial charge on any atom is 0.430 e. The monoisotopic (exact) mass is 1070 g/mol. The van der Waals surface area contributed by atoms with E-state index in [1.165, 1.54) is 34.0 Å². The second-order valence-electron chi connectivity index (χ2n) is 20.0. The van der Waals surface area contributed by atoms with Crippen molar-refractivity contribution in [2.75, 3.05) is 11.4 Å². The first-order valence-corrected chi connectivity index (χ1v) is 27.2. The summed E-state index contributed by atoms with van der Waals surface area (Å²) in [6.07, 6.45) is -3.98. The van der Waals surface area contributed by atoms with Crippen LogP contribution in [0.25, 0.3) is 22.3 Å². The maximum atomic E-state index is 13.5. The van der Waals surface area contributed by atoms with Crippen LogP contribution in [-0.2, 0) is 82.7 Å². The highest BCUT2D eigenvalue weighted by molar-refractivity contribution is 5.76. The summed E-state index contributed by atoms with van der Waals surface area (Å²) in [7, 11) is 0. The lowest BCUT2D eigenvalue weighted by molar-refractivity contribution is -0.376. The Hall–Kier alpha value is -5.54. The van der Waals surface area contributed by atoms with Gasteiger partial charge in [0.1, 0.15) is 0 Å². The molecular formula is C64H79F6NO6. The van der Waals surface area contributed by atoms with Gasteiger partial charge in [-0.3, -0.25) is 0 Å². The summed E-state index contributed by atoms with van der Waals surface area (Å²) in [5.41, 5.74) is 8.60. The first-order valence-electron chi connectivity index (χ1n) is 27.2. The van der Waals surface area contributed by atoms with Crippen molar-refractivity contribution in [3.05, 3.63) is 182 Å². The lowest BCUT2D eigenvalue weighted by Crippen LogP contribution is -2.53. The number of hydrogen-bond acceptors (Lipinski definition) is 7. The van der Waals surface area contributed by atoms with Crippen LogP contribution in [0.2, 0.25) is 0 Å². The van der Waals surface area contributed by atoms with E-state index in [0.29, 0.717) is 66.8 Å². The first kappa shape index (κ1) is 62.3. The molecule has 6 N–H and O–H groups in total. The molecule has 6 rings (SSSR count). The smallest absolute Gasteiger partial charge is 0.392 e. The lowest BCUT2D eigenvalue weighted by atomic mass is 9.84. The third-order valence-corrected chi connectivity index (χ3v) is 15.0. The van der Waals surface area contributed by atoms with Crippen LogP contribution >= 0.6 is 0 Å². The molecule has 6 aromatic rings. The quantitative estimate of drug-likeness (QED) is 0.0334. The van der Waals surface area contributed by atoms with Gasteiger partial charge in [0.05, 0.1) is 32.0 Å². The Labute approximate surface area is 451 Å². The van der Waals surface area contributed by atoms with Crippen molar-refractivity contribution >= 4 is 5.69 Å². The van der Waals surface area contributed by atoms with Gasteiger partial charge in [-0.05, 0) is 159 Å². The second-order valence-corrected chi connectivity index (χ2v) is 20.0. The molecule has 418 valence electrons. The molecule has 0 unspecified atom stereocenters. The second kappa shape index (κ2) is 27.9. The fraction of sp³-hybridized carbons (Fsp3) is 0.438. The van der Waals surface area contributed by atoms with Gasteiger partial charge < -0.3 is 35.5 Å². The summed E-state index contributed by atoms with van der Waals surface area (Å²) in [4.78, 5) is 2.40. The standard InChI is InChI=1S/C34H47NO3.C30H32F6O3/c1-6-11-27-20-30(34(38,9-4)10-5)15-17-32(27)33-21-31(16-14-26(33)8-3)35(18-7-2)22-25-12-13-28(23-36)29(19-25)24-37;1-3-5-22-16-25(28(39,29(31,32)33)30(34,35)36)12-13-26(22)27-15-20(8-10-21(27)4-2)7-6-19-9-11-23(17-37)24(14-19)18-38/h12-17,19-21,36-38H,6-11,18,22-24H2,1-5H3;8-16,37-39H,3-7,17-18H2,1-2H3. The van der Waals surface area contributed by atoms with Crippen LogP contribution in [0, 0.1) is 0 Å². The van der Waals surface area contributed by atoms with E-state index in [1.807, 2.05) is 49.4 Å². The number of alkyl halides is 6. The molecule has 0 bridgehead atoms. The van der Waals surface area contributed by atoms with Gasteiger partial charge in [0.15, 0.2) is 0 Å². The number of anilines is 1. The first-order chi connectivity index (χ1) is 36.7. The van der Waals surface area contributed by atoms with E-state index in [9.17, 15) is 57.0 Å². The molecule has 0 aliphatic carbocycles. The lowest BCUT2D eigenvalue weighted by Gasteiger charge is -2.33. The van der Waals surface area contributed by atoms with E-state index in [0.717, 1.165) is 89.3 Å². The maximum absolute atomic E-state index is 13.5. The number of hydrogen-bond donors (Lipinski definition) is 6. The van der Waals surface area contributed by atoms with E-state index < -0.39 is 29.1 Å². The molecule has 0 atom stereocenters. The van der Waals surface area contributed by atoms with Crippen molar-refractivity contribution in [1.82, 2.24) is 0 Å². The molecule has 0 aliphatic heterocycles. The number of nitrogens with zero attached hydrogens (tertiary/aromatic N) is 1. The topological polar surface area (TPSA) is 125 Å². The van der Waals surface area contributed by atoms with Gasteiger partial charge in [0, 0.05) is 24.3 Å². The third-order valence-electron chi connectivity index (χ3n) is 15.0. The average molecular weight is 1070 g/mol. The van der Waals surface area contributed by atoms with Crippen molar-refractivity contribution in [1.29, 1.82) is 0 Å². The van der Waals surface area contributed by atoms with Crippen molar-refractivity contribution in [2.24, 2.45) is 0 Å². The summed E-state index contributed by atoms with van der Waals surface area (Å²) in [5.74, 6) is 0. The van der Waals surface area contributed by atoms with Crippen LogP contribution in [0.4, 0.5) is 32.0 Å². The highest BCUT2D eigenvalue weighted by atomic mass is 19.4. The SMILES string of the molecule is CCCc1cc(C(O)(C(F)(F)F)C(F)(F)F)ccc1-c1cc(CCc2ccc(CO)c(CO)c2)ccc1CC.CCCc1cc(C(O)(CC)CC)ccc1-c1cc(N(CCC)Cc2ccc(CO)c(CO)c2)ccc1CC. The Kier molecular flexibility index (Phi) is 22.5. The summed E-state index contributed by atoms with van der Waals surface area (Å²) in [6.45, 7) is 15.5. The number of aryl methyl sites for hydroxylation is 6. The average Bonchev–Trinajstić information content (AvgIpc) is 3.46. The normalized spacial score (nSPS) is 12.2. The van der Waals surface area contributed by atoms with Crippen molar-refractivity contribution < 1.29 is 57.0 Å². The summed E-state index contributed by atoms with van der Waals surface area (Å²) < 4.78 is 81.1. The van der Waals surface area contributed by atoms with Gasteiger partial charge in [-0.15, -0.1) is 0 Å². The van der Waals surface area contributed by atoms with E-state index in [1.54, 1.807) is 13.0 Å². The molecule has 13 heteroatoms. The zero-order chi connectivity index (χ0) is 56.7. The van der Waals surface area contributed by atoms with Crippen LogP contribution < -0.4 is 4.90 Å². The molecule has 0 aliphatic rings. The molecular weight excluding hydrogens is 993 g/mol.